The summed E-state index contributed by atoms with van der Waals surface area (Å²) >= 11 is 0. The van der Waals surface area contributed by atoms with E-state index in [1.165, 1.54) is 45.9 Å². The SMILES string of the molecule is c1ccc2c(c1)c1ccccc1n1c3c(nc21)CCCC3. The van der Waals surface area contributed by atoms with Crippen molar-refractivity contribution in [3.05, 3.63) is 59.9 Å². The van der Waals surface area contributed by atoms with E-state index in [1.807, 2.05) is 0 Å². The van der Waals surface area contributed by atoms with Crippen molar-refractivity contribution >= 4 is 27.3 Å². The van der Waals surface area contributed by atoms with Crippen LogP contribution in [0.4, 0.5) is 0 Å². The summed E-state index contributed by atoms with van der Waals surface area (Å²) in [6, 6.07) is 17.4. The zero-order chi connectivity index (χ0) is 13.8. The molecule has 0 spiro atoms. The first-order chi connectivity index (χ1) is 10.4. The third-order valence-corrected chi connectivity index (χ3v) is 4.74. The number of imidazole rings is 1. The van der Waals surface area contributed by atoms with E-state index in [0.29, 0.717) is 0 Å². The maximum atomic E-state index is 4.99. The lowest BCUT2D eigenvalue weighted by Gasteiger charge is -2.13. The van der Waals surface area contributed by atoms with Gasteiger partial charge in [-0.3, -0.25) is 4.40 Å². The zero-order valence-electron chi connectivity index (χ0n) is 11.8. The summed E-state index contributed by atoms with van der Waals surface area (Å²) in [4.78, 5) is 4.99. The van der Waals surface area contributed by atoms with Crippen LogP contribution in [-0.4, -0.2) is 9.38 Å². The zero-order valence-corrected chi connectivity index (χ0v) is 11.8. The highest BCUT2D eigenvalue weighted by Gasteiger charge is 2.19. The van der Waals surface area contributed by atoms with Gasteiger partial charge in [0.15, 0.2) is 0 Å². The van der Waals surface area contributed by atoms with Crippen molar-refractivity contribution in [2.45, 2.75) is 25.7 Å². The van der Waals surface area contributed by atoms with Crippen LogP contribution in [0.15, 0.2) is 48.5 Å². The minimum absolute atomic E-state index is 1.12. The van der Waals surface area contributed by atoms with Crippen molar-refractivity contribution in [1.29, 1.82) is 0 Å². The van der Waals surface area contributed by atoms with E-state index < -0.39 is 0 Å². The number of benzene rings is 2. The van der Waals surface area contributed by atoms with Gasteiger partial charge >= 0.3 is 0 Å². The molecule has 21 heavy (non-hydrogen) atoms. The van der Waals surface area contributed by atoms with Crippen LogP contribution in [0.1, 0.15) is 24.2 Å². The van der Waals surface area contributed by atoms with Crippen LogP contribution < -0.4 is 0 Å². The summed E-state index contributed by atoms with van der Waals surface area (Å²) in [6.07, 6.45) is 4.83. The third-order valence-electron chi connectivity index (χ3n) is 4.74. The topological polar surface area (TPSA) is 17.3 Å². The van der Waals surface area contributed by atoms with Crippen LogP contribution >= 0.6 is 0 Å². The number of aromatic nitrogens is 2. The summed E-state index contributed by atoms with van der Waals surface area (Å²) in [6.45, 7) is 0. The van der Waals surface area contributed by atoms with Crippen molar-refractivity contribution in [1.82, 2.24) is 9.38 Å². The van der Waals surface area contributed by atoms with E-state index in [4.69, 9.17) is 4.98 Å². The average molecular weight is 272 g/mol. The summed E-state index contributed by atoms with van der Waals surface area (Å²) in [5.41, 5.74) is 5.17. The predicted octanol–water partition coefficient (Wildman–Crippen LogP) is 4.52. The second-order valence-corrected chi connectivity index (χ2v) is 5.93. The summed E-state index contributed by atoms with van der Waals surface area (Å²) in [7, 11) is 0. The van der Waals surface area contributed by atoms with Crippen LogP contribution in [0, 0.1) is 0 Å². The Bertz CT molecular complexity index is 995. The Labute approximate surface area is 123 Å². The molecule has 0 saturated carbocycles. The number of hydrogen-bond donors (Lipinski definition) is 0. The molecule has 0 amide bonds. The molecule has 2 heterocycles. The highest BCUT2D eigenvalue weighted by atomic mass is 15.0. The summed E-state index contributed by atoms with van der Waals surface area (Å²) in [5, 5.41) is 3.90. The Morgan fingerprint density at radius 3 is 2.38 bits per heavy atom. The van der Waals surface area contributed by atoms with Gasteiger partial charge in [-0.25, -0.2) is 4.98 Å². The average Bonchev–Trinajstić information content (AvgIpc) is 2.95. The lowest BCUT2D eigenvalue weighted by molar-refractivity contribution is 0.662. The summed E-state index contributed by atoms with van der Waals surface area (Å²) in [5.74, 6) is 0. The molecule has 0 fully saturated rings. The molecular formula is C19H16N2. The fraction of sp³-hybridized carbons (Fsp3) is 0.211. The van der Waals surface area contributed by atoms with Crippen LogP contribution in [0.25, 0.3) is 27.3 Å². The molecule has 0 atom stereocenters. The quantitative estimate of drug-likeness (QED) is 0.430. The van der Waals surface area contributed by atoms with Gasteiger partial charge in [-0.15, -0.1) is 0 Å². The first-order valence-corrected chi connectivity index (χ1v) is 7.73. The first-order valence-electron chi connectivity index (χ1n) is 7.73. The molecule has 0 radical (unpaired) electrons. The Morgan fingerprint density at radius 2 is 1.48 bits per heavy atom. The van der Waals surface area contributed by atoms with Crippen LogP contribution in [0.5, 0.6) is 0 Å². The van der Waals surface area contributed by atoms with Crippen molar-refractivity contribution in [3.63, 3.8) is 0 Å². The smallest absolute Gasteiger partial charge is 0.145 e. The van der Waals surface area contributed by atoms with E-state index in [9.17, 15) is 0 Å². The fourth-order valence-electron chi connectivity index (χ4n) is 3.79. The van der Waals surface area contributed by atoms with Gasteiger partial charge in [0, 0.05) is 16.5 Å². The maximum absolute atomic E-state index is 4.99. The first kappa shape index (κ1) is 11.3. The van der Waals surface area contributed by atoms with E-state index in [2.05, 4.69) is 52.9 Å². The highest BCUT2D eigenvalue weighted by molar-refractivity contribution is 6.11. The number of pyridine rings is 1. The molecule has 5 rings (SSSR count). The van der Waals surface area contributed by atoms with Crippen molar-refractivity contribution in [3.8, 4) is 0 Å². The number of rotatable bonds is 0. The lowest BCUT2D eigenvalue weighted by atomic mass is 10.0. The maximum Gasteiger partial charge on any atom is 0.145 e. The van der Waals surface area contributed by atoms with E-state index in [0.717, 1.165) is 18.5 Å². The molecule has 0 saturated heterocycles. The molecule has 0 aliphatic heterocycles. The van der Waals surface area contributed by atoms with Gasteiger partial charge in [0.1, 0.15) is 5.65 Å². The van der Waals surface area contributed by atoms with Gasteiger partial charge < -0.3 is 0 Å². The van der Waals surface area contributed by atoms with Gasteiger partial charge in [-0.1, -0.05) is 42.5 Å². The largest absolute Gasteiger partial charge is 0.296 e. The fourth-order valence-corrected chi connectivity index (χ4v) is 3.79. The van der Waals surface area contributed by atoms with Crippen molar-refractivity contribution in [2.75, 3.05) is 0 Å². The Kier molecular flexibility index (Phi) is 2.20. The van der Waals surface area contributed by atoms with Crippen LogP contribution in [-0.2, 0) is 12.8 Å². The molecule has 2 aromatic heterocycles. The number of hydrogen-bond acceptors (Lipinski definition) is 1. The molecule has 4 aromatic rings. The third kappa shape index (κ3) is 1.45. The highest BCUT2D eigenvalue weighted by Crippen LogP contribution is 2.33. The molecule has 1 aliphatic rings. The molecule has 2 heteroatoms. The van der Waals surface area contributed by atoms with E-state index >= 15 is 0 Å². The Morgan fingerprint density at radius 1 is 0.762 bits per heavy atom. The summed E-state index contributed by atoms with van der Waals surface area (Å²) < 4.78 is 2.41. The second kappa shape index (κ2) is 4.08. The number of fused-ring (bicyclic) bond motifs is 8. The number of para-hydroxylation sites is 1. The molecular weight excluding hydrogens is 256 g/mol. The normalized spacial score (nSPS) is 14.9. The molecule has 0 unspecified atom stereocenters. The Balaban J connectivity index is 2.12. The molecule has 0 bridgehead atoms. The van der Waals surface area contributed by atoms with Gasteiger partial charge in [0.25, 0.3) is 0 Å². The van der Waals surface area contributed by atoms with Crippen molar-refractivity contribution < 1.29 is 0 Å². The predicted molar refractivity (Wildman–Crippen MR) is 86.8 cm³/mol. The molecule has 2 nitrogen and oxygen atoms in total. The van der Waals surface area contributed by atoms with Crippen molar-refractivity contribution in [2.24, 2.45) is 0 Å². The standard InChI is InChI=1S/C19H16N2/c1-2-9-15-13(7-1)14-8-3-5-11-17(14)21-18-12-6-4-10-16(18)20-19(15)21/h1-3,5,7-9,11H,4,6,10,12H2. The minimum Gasteiger partial charge on any atom is -0.296 e. The molecule has 0 N–H and O–H groups in total. The molecule has 102 valence electrons. The monoisotopic (exact) mass is 272 g/mol. The van der Waals surface area contributed by atoms with Gasteiger partial charge in [-0.05, 0) is 37.1 Å². The molecule has 1 aliphatic carbocycles. The second-order valence-electron chi connectivity index (χ2n) is 5.93. The molecule has 2 aromatic carbocycles. The van der Waals surface area contributed by atoms with Crippen LogP contribution in [0.2, 0.25) is 0 Å². The Hall–Kier alpha value is -2.35. The minimum atomic E-state index is 1.12. The van der Waals surface area contributed by atoms with Crippen LogP contribution in [0.3, 0.4) is 0 Å². The number of nitrogens with zero attached hydrogens (tertiary/aromatic N) is 2. The van der Waals surface area contributed by atoms with Gasteiger partial charge in [0.2, 0.25) is 0 Å². The van der Waals surface area contributed by atoms with E-state index in [1.54, 1.807) is 0 Å². The van der Waals surface area contributed by atoms with E-state index in [-0.39, 0.29) is 0 Å². The van der Waals surface area contributed by atoms with Gasteiger partial charge in [-0.2, -0.15) is 0 Å². The lowest BCUT2D eigenvalue weighted by Crippen LogP contribution is -2.04. The van der Waals surface area contributed by atoms with Gasteiger partial charge in [0.05, 0.1) is 11.2 Å². The number of aryl methyl sites for hydroxylation is 2.